The maximum Gasteiger partial charge on any atom is 0.258 e. The van der Waals surface area contributed by atoms with Gasteiger partial charge in [-0.15, -0.1) is 0 Å². The number of halogens is 1. The zero-order valence-corrected chi connectivity index (χ0v) is 18.9. The minimum atomic E-state index is -0.339. The summed E-state index contributed by atoms with van der Waals surface area (Å²) in [6.07, 6.45) is 0. The Hall–Kier alpha value is -3.84. The molecule has 5 rings (SSSR count). The third-order valence-corrected chi connectivity index (χ3v) is 5.92. The first-order valence-electron chi connectivity index (χ1n) is 10.5. The van der Waals surface area contributed by atoms with Crippen molar-refractivity contribution >= 4 is 28.6 Å². The smallest absolute Gasteiger partial charge is 0.258 e. The Labute approximate surface area is 196 Å². The number of aromatic nitrogens is 2. The second-order valence-corrected chi connectivity index (χ2v) is 8.29. The van der Waals surface area contributed by atoms with Gasteiger partial charge < -0.3 is 9.84 Å². The summed E-state index contributed by atoms with van der Waals surface area (Å²) >= 11 is 5.70. The Morgan fingerprint density at radius 1 is 0.970 bits per heavy atom. The van der Waals surface area contributed by atoms with Gasteiger partial charge in [-0.25, -0.2) is 4.39 Å². The van der Waals surface area contributed by atoms with E-state index >= 15 is 0 Å². The Morgan fingerprint density at radius 3 is 2.52 bits per heavy atom. The van der Waals surface area contributed by atoms with Crippen LogP contribution in [0.25, 0.3) is 17.0 Å². The highest BCUT2D eigenvalue weighted by Crippen LogP contribution is 2.39. The van der Waals surface area contributed by atoms with E-state index in [0.29, 0.717) is 22.5 Å². The number of aryl methyl sites for hydroxylation is 1. The van der Waals surface area contributed by atoms with Crippen LogP contribution in [0.3, 0.4) is 0 Å². The summed E-state index contributed by atoms with van der Waals surface area (Å²) in [5.74, 6) is 0.551. The van der Waals surface area contributed by atoms with E-state index in [0.717, 1.165) is 28.0 Å². The summed E-state index contributed by atoms with van der Waals surface area (Å²) in [7, 11) is 0. The van der Waals surface area contributed by atoms with Crippen molar-refractivity contribution in [1.82, 2.24) is 15.5 Å². The van der Waals surface area contributed by atoms with E-state index in [9.17, 15) is 4.39 Å². The molecule has 7 heteroatoms. The SMILES string of the molecule is CC1=C(c2nc(-c3cccc(C)c3)no2)C(c2ccccc2)NC(=S)N1c1cccc(F)c1. The molecule has 4 aromatic rings. The van der Waals surface area contributed by atoms with Crippen LogP contribution in [0, 0.1) is 12.7 Å². The molecule has 1 unspecified atom stereocenters. The van der Waals surface area contributed by atoms with Gasteiger partial charge in [0.1, 0.15) is 5.82 Å². The molecule has 33 heavy (non-hydrogen) atoms. The van der Waals surface area contributed by atoms with E-state index < -0.39 is 0 Å². The molecule has 1 N–H and O–H groups in total. The lowest BCUT2D eigenvalue weighted by molar-refractivity contribution is 0.404. The molecule has 5 nitrogen and oxygen atoms in total. The first kappa shape index (κ1) is 21.0. The van der Waals surface area contributed by atoms with E-state index in [4.69, 9.17) is 21.7 Å². The fourth-order valence-corrected chi connectivity index (χ4v) is 4.44. The number of benzene rings is 3. The number of hydrogen-bond acceptors (Lipinski definition) is 4. The van der Waals surface area contributed by atoms with Crippen molar-refractivity contribution in [3.8, 4) is 11.4 Å². The van der Waals surface area contributed by atoms with Crippen LogP contribution in [0.2, 0.25) is 0 Å². The van der Waals surface area contributed by atoms with Gasteiger partial charge in [0.25, 0.3) is 5.89 Å². The molecule has 1 atom stereocenters. The van der Waals surface area contributed by atoms with Crippen LogP contribution in [0.5, 0.6) is 0 Å². The van der Waals surface area contributed by atoms with Crippen LogP contribution in [-0.2, 0) is 0 Å². The summed E-state index contributed by atoms with van der Waals surface area (Å²) in [5.41, 5.74) is 5.18. The number of rotatable bonds is 4. The molecule has 1 aliphatic heterocycles. The zero-order chi connectivity index (χ0) is 22.9. The van der Waals surface area contributed by atoms with E-state index in [1.165, 1.54) is 12.1 Å². The summed E-state index contributed by atoms with van der Waals surface area (Å²) in [5, 5.41) is 8.09. The molecule has 0 radical (unpaired) electrons. The lowest BCUT2D eigenvalue weighted by atomic mass is 9.94. The standard InChI is InChI=1S/C26H21FN4OS/c1-16-8-6-11-19(14-16)24-29-25(32-30-24)22-17(2)31(21-13-7-12-20(27)15-21)26(33)28-23(22)18-9-4-3-5-10-18/h3-15,23H,1-2H3,(H,28,33). The number of anilines is 1. The van der Waals surface area contributed by atoms with Crippen molar-refractivity contribution in [2.45, 2.75) is 19.9 Å². The van der Waals surface area contributed by atoms with Gasteiger partial charge in [-0.05, 0) is 55.9 Å². The van der Waals surface area contributed by atoms with Crippen LogP contribution in [0.15, 0.2) is 89.1 Å². The molecule has 0 bridgehead atoms. The van der Waals surface area contributed by atoms with Crippen molar-refractivity contribution < 1.29 is 8.91 Å². The molecule has 0 spiro atoms. The molecule has 164 valence electrons. The Bertz CT molecular complexity index is 1370. The van der Waals surface area contributed by atoms with Crippen LogP contribution in [0.4, 0.5) is 10.1 Å². The normalized spacial score (nSPS) is 16.2. The highest BCUT2D eigenvalue weighted by molar-refractivity contribution is 7.80. The summed E-state index contributed by atoms with van der Waals surface area (Å²) < 4.78 is 19.8. The quantitative estimate of drug-likeness (QED) is 0.377. The van der Waals surface area contributed by atoms with Gasteiger partial charge in [0.2, 0.25) is 5.82 Å². The molecular formula is C26H21FN4OS. The van der Waals surface area contributed by atoms with Gasteiger partial charge in [-0.2, -0.15) is 4.98 Å². The maximum absolute atomic E-state index is 14.0. The van der Waals surface area contributed by atoms with Crippen molar-refractivity contribution in [2.24, 2.45) is 0 Å². The second kappa shape index (κ2) is 8.60. The second-order valence-electron chi connectivity index (χ2n) is 7.90. The molecule has 0 fully saturated rings. The van der Waals surface area contributed by atoms with E-state index in [2.05, 4.69) is 10.5 Å². The molecule has 0 amide bonds. The molecule has 0 saturated carbocycles. The molecule has 0 saturated heterocycles. The van der Waals surface area contributed by atoms with E-state index in [1.807, 2.05) is 74.5 Å². The van der Waals surface area contributed by atoms with Crippen molar-refractivity contribution in [1.29, 1.82) is 0 Å². The maximum atomic E-state index is 14.0. The first-order chi connectivity index (χ1) is 16.0. The molecule has 1 aromatic heterocycles. The highest BCUT2D eigenvalue weighted by Gasteiger charge is 2.34. The Balaban J connectivity index is 1.66. The lowest BCUT2D eigenvalue weighted by Gasteiger charge is -2.37. The number of nitrogens with zero attached hydrogens (tertiary/aromatic N) is 3. The average molecular weight is 457 g/mol. The first-order valence-corrected chi connectivity index (χ1v) is 10.9. The molecular weight excluding hydrogens is 435 g/mol. The van der Waals surface area contributed by atoms with Crippen molar-refractivity contribution in [3.63, 3.8) is 0 Å². The summed E-state index contributed by atoms with van der Waals surface area (Å²) in [6.45, 7) is 3.95. The number of hydrogen-bond donors (Lipinski definition) is 1. The van der Waals surface area contributed by atoms with Crippen molar-refractivity contribution in [3.05, 3.63) is 107 Å². The van der Waals surface area contributed by atoms with Crippen LogP contribution in [0.1, 0.15) is 30.0 Å². The van der Waals surface area contributed by atoms with Gasteiger partial charge >= 0.3 is 0 Å². The molecule has 2 heterocycles. The Morgan fingerprint density at radius 2 is 1.76 bits per heavy atom. The predicted octanol–water partition coefficient (Wildman–Crippen LogP) is 6.05. The van der Waals surface area contributed by atoms with Gasteiger partial charge in [0.15, 0.2) is 5.11 Å². The van der Waals surface area contributed by atoms with Gasteiger partial charge in [0, 0.05) is 11.3 Å². The fourth-order valence-electron chi connectivity index (χ4n) is 4.08. The number of nitrogens with one attached hydrogen (secondary N) is 1. The van der Waals surface area contributed by atoms with E-state index in [-0.39, 0.29) is 11.9 Å². The third-order valence-electron chi connectivity index (χ3n) is 5.62. The van der Waals surface area contributed by atoms with Crippen LogP contribution in [-0.4, -0.2) is 15.3 Å². The summed E-state index contributed by atoms with van der Waals surface area (Å²) in [4.78, 5) is 6.52. The minimum Gasteiger partial charge on any atom is -0.351 e. The monoisotopic (exact) mass is 456 g/mol. The van der Waals surface area contributed by atoms with Gasteiger partial charge in [-0.3, -0.25) is 4.90 Å². The van der Waals surface area contributed by atoms with Crippen LogP contribution < -0.4 is 10.2 Å². The van der Waals surface area contributed by atoms with Crippen LogP contribution >= 0.6 is 12.2 Å². The topological polar surface area (TPSA) is 54.2 Å². The molecule has 0 aliphatic carbocycles. The minimum absolute atomic E-state index is 0.297. The zero-order valence-electron chi connectivity index (χ0n) is 18.1. The van der Waals surface area contributed by atoms with Gasteiger partial charge in [0.05, 0.1) is 17.3 Å². The lowest BCUT2D eigenvalue weighted by Crippen LogP contribution is -2.46. The highest BCUT2D eigenvalue weighted by atomic mass is 32.1. The van der Waals surface area contributed by atoms with Gasteiger partial charge in [-0.1, -0.05) is 65.3 Å². The number of allylic oxidation sites excluding steroid dienone is 1. The fraction of sp³-hybridized carbons (Fsp3) is 0.115. The summed E-state index contributed by atoms with van der Waals surface area (Å²) in [6, 6.07) is 23.9. The van der Waals surface area contributed by atoms with E-state index in [1.54, 1.807) is 11.0 Å². The van der Waals surface area contributed by atoms with Crippen molar-refractivity contribution in [2.75, 3.05) is 4.90 Å². The molecule has 3 aromatic carbocycles. The molecule has 1 aliphatic rings. The predicted molar refractivity (Wildman–Crippen MR) is 131 cm³/mol. The largest absolute Gasteiger partial charge is 0.351 e. The number of thiocarbonyl (C=S) groups is 1. The third kappa shape index (κ3) is 4.03. The average Bonchev–Trinajstić information content (AvgIpc) is 3.29. The Kier molecular flexibility index (Phi) is 5.48.